The Morgan fingerprint density at radius 3 is 2.62 bits per heavy atom. The van der Waals surface area contributed by atoms with E-state index < -0.39 is 9.84 Å². The van der Waals surface area contributed by atoms with Gasteiger partial charge in [0.05, 0.1) is 17.2 Å². The van der Waals surface area contributed by atoms with E-state index in [0.717, 1.165) is 37.4 Å². The first-order chi connectivity index (χ1) is 12.6. The molecule has 0 bridgehead atoms. The normalized spacial score (nSPS) is 18.9. The van der Waals surface area contributed by atoms with Crippen molar-refractivity contribution < 1.29 is 13.2 Å². The summed E-state index contributed by atoms with van der Waals surface area (Å²) >= 11 is 0. The fraction of sp³-hybridized carbons (Fsp3) is 0.450. The number of benzene rings is 1. The summed E-state index contributed by atoms with van der Waals surface area (Å²) in [6, 6.07) is 13.9. The largest absolute Gasteiger partial charge is 0.487 e. The van der Waals surface area contributed by atoms with Crippen molar-refractivity contribution in [1.29, 1.82) is 0 Å². The summed E-state index contributed by atoms with van der Waals surface area (Å²) in [5.41, 5.74) is 2.07. The van der Waals surface area contributed by atoms with Gasteiger partial charge in [-0.05, 0) is 49.2 Å². The first-order valence-electron chi connectivity index (χ1n) is 9.12. The van der Waals surface area contributed by atoms with E-state index in [1.54, 1.807) is 6.20 Å². The van der Waals surface area contributed by atoms with Gasteiger partial charge in [-0.2, -0.15) is 0 Å². The standard InChI is InChI=1S/C20H26N2O3S/c1-2-12-22(19-10-13-26(23,24)16-19)14-17-6-8-20(9-7-17)25-15-18-5-3-4-11-21-18/h3-9,11,19H,2,10,12-16H2,1H3. The van der Waals surface area contributed by atoms with Crippen LogP contribution in [0, 0.1) is 0 Å². The van der Waals surface area contributed by atoms with Crippen LogP contribution >= 0.6 is 0 Å². The lowest BCUT2D eigenvalue weighted by molar-refractivity contribution is 0.203. The lowest BCUT2D eigenvalue weighted by Crippen LogP contribution is -2.36. The van der Waals surface area contributed by atoms with Gasteiger partial charge in [0.15, 0.2) is 9.84 Å². The van der Waals surface area contributed by atoms with Crippen molar-refractivity contribution in [2.24, 2.45) is 0 Å². The molecule has 0 N–H and O–H groups in total. The molecule has 0 aliphatic carbocycles. The van der Waals surface area contributed by atoms with Gasteiger partial charge in [0, 0.05) is 18.8 Å². The molecule has 1 saturated heterocycles. The summed E-state index contributed by atoms with van der Waals surface area (Å²) in [6.45, 7) is 4.26. The summed E-state index contributed by atoms with van der Waals surface area (Å²) in [7, 11) is -2.86. The van der Waals surface area contributed by atoms with Gasteiger partial charge in [-0.3, -0.25) is 9.88 Å². The number of hydrogen-bond acceptors (Lipinski definition) is 5. The maximum absolute atomic E-state index is 11.8. The Bertz CT molecular complexity index is 792. The molecule has 0 spiro atoms. The van der Waals surface area contributed by atoms with Crippen LogP contribution in [-0.2, 0) is 23.0 Å². The number of ether oxygens (including phenoxy) is 1. The van der Waals surface area contributed by atoms with E-state index in [9.17, 15) is 8.42 Å². The maximum Gasteiger partial charge on any atom is 0.151 e. The summed E-state index contributed by atoms with van der Waals surface area (Å²) in [5, 5.41) is 0. The number of sulfone groups is 1. The molecule has 5 nitrogen and oxygen atoms in total. The second-order valence-corrected chi connectivity index (χ2v) is 9.01. The number of nitrogens with zero attached hydrogens (tertiary/aromatic N) is 2. The Morgan fingerprint density at radius 1 is 1.19 bits per heavy atom. The van der Waals surface area contributed by atoms with E-state index in [1.807, 2.05) is 30.3 Å². The molecule has 1 unspecified atom stereocenters. The predicted molar refractivity (Wildman–Crippen MR) is 103 cm³/mol. The third-order valence-corrected chi connectivity index (χ3v) is 6.41. The molecular formula is C20H26N2O3S. The zero-order chi connectivity index (χ0) is 18.4. The molecule has 6 heteroatoms. The molecule has 1 aliphatic rings. The Hall–Kier alpha value is -1.92. The first-order valence-corrected chi connectivity index (χ1v) is 10.9. The SMILES string of the molecule is CCCN(Cc1ccc(OCc2ccccn2)cc1)C1CCS(=O)(=O)C1. The summed E-state index contributed by atoms with van der Waals surface area (Å²) in [5.74, 6) is 1.42. The van der Waals surface area contributed by atoms with Crippen LogP contribution in [-0.4, -0.2) is 42.4 Å². The molecular weight excluding hydrogens is 348 g/mol. The molecule has 1 aromatic heterocycles. The first kappa shape index (κ1) is 18.9. The van der Waals surface area contributed by atoms with E-state index >= 15 is 0 Å². The molecule has 1 aliphatic heterocycles. The van der Waals surface area contributed by atoms with Crippen LogP contribution < -0.4 is 4.74 Å². The highest BCUT2D eigenvalue weighted by atomic mass is 32.2. The van der Waals surface area contributed by atoms with E-state index in [4.69, 9.17) is 4.74 Å². The van der Waals surface area contributed by atoms with Gasteiger partial charge in [0.2, 0.25) is 0 Å². The molecule has 0 radical (unpaired) electrons. The van der Waals surface area contributed by atoms with Crippen molar-refractivity contribution in [2.75, 3.05) is 18.1 Å². The van der Waals surface area contributed by atoms with E-state index in [1.165, 1.54) is 5.56 Å². The molecule has 0 amide bonds. The van der Waals surface area contributed by atoms with Crippen molar-refractivity contribution in [1.82, 2.24) is 9.88 Å². The van der Waals surface area contributed by atoms with Gasteiger partial charge < -0.3 is 4.74 Å². The third-order valence-electron chi connectivity index (χ3n) is 4.66. The molecule has 26 heavy (non-hydrogen) atoms. The van der Waals surface area contributed by atoms with Crippen LogP contribution in [0.5, 0.6) is 5.75 Å². The highest BCUT2D eigenvalue weighted by molar-refractivity contribution is 7.91. The average Bonchev–Trinajstić information content (AvgIpc) is 3.01. The van der Waals surface area contributed by atoms with Crippen molar-refractivity contribution in [2.45, 2.75) is 39.0 Å². The zero-order valence-corrected chi connectivity index (χ0v) is 16.0. The van der Waals surface area contributed by atoms with Gasteiger partial charge in [-0.15, -0.1) is 0 Å². The van der Waals surface area contributed by atoms with Gasteiger partial charge in [0.1, 0.15) is 12.4 Å². The van der Waals surface area contributed by atoms with Gasteiger partial charge in [-0.25, -0.2) is 8.42 Å². The van der Waals surface area contributed by atoms with Crippen molar-refractivity contribution >= 4 is 9.84 Å². The van der Waals surface area contributed by atoms with E-state index in [2.05, 4.69) is 28.9 Å². The fourth-order valence-corrected chi connectivity index (χ4v) is 5.07. The zero-order valence-electron chi connectivity index (χ0n) is 15.2. The smallest absolute Gasteiger partial charge is 0.151 e. The van der Waals surface area contributed by atoms with Crippen LogP contribution in [0.1, 0.15) is 31.0 Å². The number of aromatic nitrogens is 1. The number of rotatable bonds is 8. The molecule has 140 valence electrons. The Balaban J connectivity index is 1.58. The summed E-state index contributed by atoms with van der Waals surface area (Å²) < 4.78 is 29.3. The monoisotopic (exact) mass is 374 g/mol. The second kappa shape index (κ2) is 8.64. The molecule has 1 aromatic carbocycles. The predicted octanol–water partition coefficient (Wildman–Crippen LogP) is 3.06. The van der Waals surface area contributed by atoms with Gasteiger partial charge >= 0.3 is 0 Å². The lowest BCUT2D eigenvalue weighted by atomic mass is 10.1. The number of pyridine rings is 1. The van der Waals surface area contributed by atoms with Gasteiger partial charge in [-0.1, -0.05) is 25.1 Å². The quantitative estimate of drug-likeness (QED) is 0.711. The van der Waals surface area contributed by atoms with Crippen molar-refractivity contribution in [3.05, 3.63) is 59.9 Å². The highest BCUT2D eigenvalue weighted by Crippen LogP contribution is 2.21. The Kier molecular flexibility index (Phi) is 6.27. The molecule has 1 fully saturated rings. The minimum absolute atomic E-state index is 0.139. The second-order valence-electron chi connectivity index (χ2n) is 6.78. The minimum Gasteiger partial charge on any atom is -0.487 e. The van der Waals surface area contributed by atoms with Crippen molar-refractivity contribution in [3.63, 3.8) is 0 Å². The third kappa shape index (κ3) is 5.29. The van der Waals surface area contributed by atoms with Crippen LogP contribution in [0.2, 0.25) is 0 Å². The minimum atomic E-state index is -2.86. The van der Waals surface area contributed by atoms with Gasteiger partial charge in [0.25, 0.3) is 0 Å². The molecule has 2 aromatic rings. The highest BCUT2D eigenvalue weighted by Gasteiger charge is 2.31. The Labute approximate surface area is 155 Å². The maximum atomic E-state index is 11.8. The molecule has 0 saturated carbocycles. The van der Waals surface area contributed by atoms with E-state index in [-0.39, 0.29) is 11.8 Å². The molecule has 1 atom stereocenters. The van der Waals surface area contributed by atoms with Crippen LogP contribution in [0.25, 0.3) is 0 Å². The summed E-state index contributed by atoms with van der Waals surface area (Å²) in [4.78, 5) is 6.55. The molecule has 3 rings (SSSR count). The average molecular weight is 375 g/mol. The van der Waals surface area contributed by atoms with Crippen LogP contribution in [0.3, 0.4) is 0 Å². The number of hydrogen-bond donors (Lipinski definition) is 0. The summed E-state index contributed by atoms with van der Waals surface area (Å²) in [6.07, 6.45) is 3.52. The van der Waals surface area contributed by atoms with Crippen molar-refractivity contribution in [3.8, 4) is 5.75 Å². The fourth-order valence-electron chi connectivity index (χ4n) is 3.31. The lowest BCUT2D eigenvalue weighted by Gasteiger charge is -2.27. The molecule has 2 heterocycles. The van der Waals surface area contributed by atoms with E-state index in [0.29, 0.717) is 12.4 Å². The van der Waals surface area contributed by atoms with Crippen LogP contribution in [0.15, 0.2) is 48.7 Å². The topological polar surface area (TPSA) is 59.5 Å². The Morgan fingerprint density at radius 2 is 2.00 bits per heavy atom. The van der Waals surface area contributed by atoms with Crippen LogP contribution in [0.4, 0.5) is 0 Å².